The van der Waals surface area contributed by atoms with Crippen molar-refractivity contribution in [1.82, 2.24) is 9.80 Å². The van der Waals surface area contributed by atoms with E-state index in [-0.39, 0.29) is 30.3 Å². The van der Waals surface area contributed by atoms with E-state index in [4.69, 9.17) is 21.1 Å². The van der Waals surface area contributed by atoms with Crippen LogP contribution in [0.25, 0.3) is 0 Å². The van der Waals surface area contributed by atoms with E-state index in [2.05, 4.69) is 11.4 Å². The highest BCUT2D eigenvalue weighted by molar-refractivity contribution is 7.10. The van der Waals surface area contributed by atoms with E-state index >= 15 is 0 Å². The number of ether oxygens (including phenoxy) is 2. The number of hydrogen-bond acceptors (Lipinski definition) is 5. The van der Waals surface area contributed by atoms with Gasteiger partial charge >= 0.3 is 0 Å². The zero-order valence-corrected chi connectivity index (χ0v) is 20.5. The van der Waals surface area contributed by atoms with Gasteiger partial charge in [0.2, 0.25) is 11.8 Å². The van der Waals surface area contributed by atoms with Crippen LogP contribution in [-0.2, 0) is 20.7 Å². The van der Waals surface area contributed by atoms with Gasteiger partial charge in [-0.25, -0.2) is 0 Å². The topological polar surface area (TPSA) is 59.1 Å². The summed E-state index contributed by atoms with van der Waals surface area (Å²) in [7, 11) is 1.64. The highest BCUT2D eigenvalue weighted by Crippen LogP contribution is 2.34. The fourth-order valence-corrected chi connectivity index (χ4v) is 4.92. The maximum atomic E-state index is 13.4. The van der Waals surface area contributed by atoms with Crippen LogP contribution in [0.2, 0.25) is 5.02 Å². The molecule has 2 amide bonds. The van der Waals surface area contributed by atoms with Gasteiger partial charge in [-0.15, -0.1) is 11.3 Å². The molecule has 1 atom stereocenters. The summed E-state index contributed by atoms with van der Waals surface area (Å²) in [4.78, 5) is 30.9. The van der Waals surface area contributed by atoms with Crippen LogP contribution in [-0.4, -0.2) is 61.6 Å². The number of methoxy groups -OCH3 is 1. The molecule has 2 aromatic rings. The first-order valence-electron chi connectivity index (χ1n) is 10.9. The van der Waals surface area contributed by atoms with Crippen LogP contribution in [0.15, 0.2) is 35.7 Å². The molecule has 32 heavy (non-hydrogen) atoms. The number of fused-ring (bicyclic) bond motifs is 1. The minimum absolute atomic E-state index is 0.0170. The molecular formula is C24H31ClN2O4S. The van der Waals surface area contributed by atoms with Crippen LogP contribution in [0.1, 0.15) is 36.8 Å². The Labute approximate surface area is 199 Å². The number of amides is 2. The Morgan fingerprint density at radius 3 is 2.69 bits per heavy atom. The van der Waals surface area contributed by atoms with E-state index in [0.717, 1.165) is 12.0 Å². The van der Waals surface area contributed by atoms with Crippen molar-refractivity contribution in [3.63, 3.8) is 0 Å². The van der Waals surface area contributed by atoms with Crippen LogP contribution >= 0.6 is 22.9 Å². The lowest BCUT2D eigenvalue weighted by Crippen LogP contribution is -2.48. The summed E-state index contributed by atoms with van der Waals surface area (Å²) in [5, 5.41) is 2.71. The Bertz CT molecular complexity index is 900. The molecule has 0 radical (unpaired) electrons. The fourth-order valence-electron chi connectivity index (χ4n) is 3.87. The molecule has 6 nitrogen and oxygen atoms in total. The molecule has 0 saturated heterocycles. The molecule has 0 aliphatic carbocycles. The normalized spacial score (nSPS) is 15.5. The molecule has 0 bridgehead atoms. The Hall–Kier alpha value is -2.09. The molecule has 0 unspecified atom stereocenters. The van der Waals surface area contributed by atoms with Crippen LogP contribution in [0, 0.1) is 5.92 Å². The Kier molecular flexibility index (Phi) is 8.96. The summed E-state index contributed by atoms with van der Waals surface area (Å²) in [6, 6.07) is 9.10. The third kappa shape index (κ3) is 6.24. The maximum absolute atomic E-state index is 13.4. The molecule has 8 heteroatoms. The van der Waals surface area contributed by atoms with Gasteiger partial charge in [0.25, 0.3) is 0 Å². The van der Waals surface area contributed by atoms with Gasteiger partial charge in [-0.1, -0.05) is 25.4 Å². The van der Waals surface area contributed by atoms with E-state index in [1.54, 1.807) is 35.5 Å². The van der Waals surface area contributed by atoms with E-state index in [0.29, 0.717) is 43.5 Å². The van der Waals surface area contributed by atoms with Gasteiger partial charge in [-0.05, 0) is 54.1 Å². The summed E-state index contributed by atoms with van der Waals surface area (Å²) in [6.07, 6.45) is 1.51. The summed E-state index contributed by atoms with van der Waals surface area (Å²) in [5.41, 5.74) is 1.13. The van der Waals surface area contributed by atoms with Crippen molar-refractivity contribution in [3.05, 3.63) is 51.2 Å². The van der Waals surface area contributed by atoms with Crippen LogP contribution in [0.3, 0.4) is 0 Å². The zero-order chi connectivity index (χ0) is 23.1. The summed E-state index contributed by atoms with van der Waals surface area (Å²) >= 11 is 7.69. The number of halogens is 1. The van der Waals surface area contributed by atoms with E-state index in [9.17, 15) is 9.59 Å². The summed E-state index contributed by atoms with van der Waals surface area (Å²) < 4.78 is 11.2. The predicted octanol–water partition coefficient (Wildman–Crippen LogP) is 4.43. The van der Waals surface area contributed by atoms with Gasteiger partial charge < -0.3 is 19.3 Å². The first-order chi connectivity index (χ1) is 15.4. The van der Waals surface area contributed by atoms with Gasteiger partial charge in [-0.3, -0.25) is 9.59 Å². The largest absolute Gasteiger partial charge is 0.491 e. The van der Waals surface area contributed by atoms with Crippen molar-refractivity contribution in [2.45, 2.75) is 32.7 Å². The van der Waals surface area contributed by atoms with Crippen molar-refractivity contribution in [1.29, 1.82) is 0 Å². The van der Waals surface area contributed by atoms with Crippen molar-refractivity contribution >= 4 is 34.8 Å². The minimum Gasteiger partial charge on any atom is -0.491 e. The van der Waals surface area contributed by atoms with Crippen LogP contribution < -0.4 is 4.74 Å². The molecule has 2 heterocycles. The lowest BCUT2D eigenvalue weighted by Gasteiger charge is -2.37. The quantitative estimate of drug-likeness (QED) is 0.474. The third-order valence-electron chi connectivity index (χ3n) is 5.54. The predicted molar refractivity (Wildman–Crippen MR) is 127 cm³/mol. The molecule has 1 aromatic carbocycles. The highest BCUT2D eigenvalue weighted by atomic mass is 35.5. The van der Waals surface area contributed by atoms with E-state index in [1.807, 2.05) is 30.9 Å². The van der Waals surface area contributed by atoms with Gasteiger partial charge in [0.1, 0.15) is 12.4 Å². The van der Waals surface area contributed by atoms with Crippen molar-refractivity contribution in [3.8, 4) is 5.75 Å². The third-order valence-corrected chi connectivity index (χ3v) is 6.79. The second kappa shape index (κ2) is 11.7. The molecule has 3 rings (SSSR count). The lowest BCUT2D eigenvalue weighted by atomic mass is 10.00. The molecule has 1 aliphatic heterocycles. The smallest absolute Gasteiger partial charge is 0.242 e. The molecule has 1 aromatic heterocycles. The standard InChI is InChI=1S/C24H31ClN2O4S/c1-17(2)24(29)26(11-4-13-30-3)15-23(28)27-12-9-22-20(10-14-32-22)21(27)16-31-19-7-5-18(25)6-8-19/h5-8,10,14,17,21H,4,9,11-13,15-16H2,1-3H3/t21-/m1/s1. The second-order valence-corrected chi connectivity index (χ2v) is 9.61. The SMILES string of the molecule is COCCCN(CC(=O)N1CCc2sccc2[C@H]1COc1ccc(Cl)cc1)C(=O)C(C)C. The first-order valence-corrected chi connectivity index (χ1v) is 12.2. The molecular weight excluding hydrogens is 448 g/mol. The highest BCUT2D eigenvalue weighted by Gasteiger charge is 2.33. The van der Waals surface area contributed by atoms with Crippen molar-refractivity contribution in [2.75, 3.05) is 40.0 Å². The minimum atomic E-state index is -0.192. The van der Waals surface area contributed by atoms with Gasteiger partial charge in [0.15, 0.2) is 0 Å². The summed E-state index contributed by atoms with van der Waals surface area (Å²) in [5.74, 6) is 0.467. The van der Waals surface area contributed by atoms with Gasteiger partial charge in [0.05, 0.1) is 12.6 Å². The van der Waals surface area contributed by atoms with Gasteiger partial charge in [-0.2, -0.15) is 0 Å². The van der Waals surface area contributed by atoms with Crippen molar-refractivity contribution < 1.29 is 19.1 Å². The van der Waals surface area contributed by atoms with Crippen molar-refractivity contribution in [2.24, 2.45) is 5.92 Å². The number of benzene rings is 1. The van der Waals surface area contributed by atoms with Gasteiger partial charge in [0, 0.05) is 42.6 Å². The molecule has 0 N–H and O–H groups in total. The molecule has 0 saturated carbocycles. The zero-order valence-electron chi connectivity index (χ0n) is 18.9. The van der Waals surface area contributed by atoms with Crippen LogP contribution in [0.5, 0.6) is 5.75 Å². The number of carbonyl (C=O) groups excluding carboxylic acids is 2. The molecule has 0 spiro atoms. The fraction of sp³-hybridized carbons (Fsp3) is 0.500. The molecule has 174 valence electrons. The van der Waals surface area contributed by atoms with Crippen LogP contribution in [0.4, 0.5) is 0 Å². The molecule has 1 aliphatic rings. The number of carbonyl (C=O) groups is 2. The average Bonchev–Trinajstić information content (AvgIpc) is 3.26. The Morgan fingerprint density at radius 1 is 1.25 bits per heavy atom. The van der Waals surface area contributed by atoms with E-state index in [1.165, 1.54) is 4.88 Å². The lowest BCUT2D eigenvalue weighted by molar-refractivity contribution is -0.144. The average molecular weight is 479 g/mol. The van der Waals surface area contributed by atoms with E-state index < -0.39 is 0 Å². The number of hydrogen-bond donors (Lipinski definition) is 0. The monoisotopic (exact) mass is 478 g/mol. The Balaban J connectivity index is 1.74. The Morgan fingerprint density at radius 2 is 2.00 bits per heavy atom. The number of thiophene rings is 1. The molecule has 0 fully saturated rings. The second-order valence-electron chi connectivity index (χ2n) is 8.18. The first kappa shape index (κ1) is 24.6. The number of nitrogens with zero attached hydrogens (tertiary/aromatic N) is 2. The maximum Gasteiger partial charge on any atom is 0.242 e. The number of rotatable bonds is 10. The summed E-state index contributed by atoms with van der Waals surface area (Å²) in [6.45, 7) is 5.80.